The van der Waals surface area contributed by atoms with Gasteiger partial charge in [0.15, 0.2) is 0 Å². The fraction of sp³-hybridized carbons (Fsp3) is 0.286. The van der Waals surface area contributed by atoms with Crippen molar-refractivity contribution in [3.8, 4) is 0 Å². The van der Waals surface area contributed by atoms with Crippen molar-refractivity contribution in [2.75, 3.05) is 0 Å². The van der Waals surface area contributed by atoms with Crippen molar-refractivity contribution >= 4 is 12.2 Å². The summed E-state index contributed by atoms with van der Waals surface area (Å²) in [5.74, 6) is 0. The van der Waals surface area contributed by atoms with Gasteiger partial charge in [-0.15, -0.1) is 0 Å². The van der Waals surface area contributed by atoms with E-state index in [1.165, 1.54) is 47.9 Å². The molecular formula is C14H16. The minimum Gasteiger partial charge on any atom is -0.0985 e. The van der Waals surface area contributed by atoms with Crippen LogP contribution >= 0.6 is 0 Å². The van der Waals surface area contributed by atoms with Crippen LogP contribution in [0.25, 0.3) is 12.2 Å². The third kappa shape index (κ3) is 1.41. The maximum atomic E-state index is 3.87. The van der Waals surface area contributed by atoms with Gasteiger partial charge >= 0.3 is 0 Å². The molecule has 2 rings (SSSR count). The van der Waals surface area contributed by atoms with Crippen molar-refractivity contribution in [1.82, 2.24) is 0 Å². The molecule has 0 aromatic heterocycles. The zero-order valence-corrected chi connectivity index (χ0v) is 8.55. The summed E-state index contributed by atoms with van der Waals surface area (Å²) in [6.07, 6.45) is 8.98. The molecule has 1 aromatic carbocycles. The second-order valence-corrected chi connectivity index (χ2v) is 3.82. The molecule has 0 unspecified atom stereocenters. The standard InChI is InChI=1S/C14H16/c1-3-11-9-10-12(4-2)14-8-6-5-7-13(11)14/h3-4,9-10H,1-2,5-8H2. The lowest BCUT2D eigenvalue weighted by atomic mass is 9.85. The zero-order chi connectivity index (χ0) is 9.97. The van der Waals surface area contributed by atoms with E-state index in [0.29, 0.717) is 0 Å². The number of benzene rings is 1. The van der Waals surface area contributed by atoms with E-state index < -0.39 is 0 Å². The first kappa shape index (κ1) is 9.26. The van der Waals surface area contributed by atoms with E-state index in [9.17, 15) is 0 Å². The van der Waals surface area contributed by atoms with Crippen LogP contribution in [0.5, 0.6) is 0 Å². The lowest BCUT2D eigenvalue weighted by Gasteiger charge is -2.20. The lowest BCUT2D eigenvalue weighted by Crippen LogP contribution is -2.06. The second kappa shape index (κ2) is 3.83. The lowest BCUT2D eigenvalue weighted by molar-refractivity contribution is 0.683. The van der Waals surface area contributed by atoms with Crippen LogP contribution in [-0.2, 0) is 12.8 Å². The molecule has 1 aromatic rings. The highest BCUT2D eigenvalue weighted by Crippen LogP contribution is 2.28. The first-order valence-electron chi connectivity index (χ1n) is 5.26. The predicted octanol–water partition coefficient (Wildman–Crippen LogP) is 3.85. The van der Waals surface area contributed by atoms with Crippen LogP contribution < -0.4 is 0 Å². The fourth-order valence-corrected chi connectivity index (χ4v) is 2.31. The molecular weight excluding hydrogens is 168 g/mol. The van der Waals surface area contributed by atoms with Crippen LogP contribution in [0.3, 0.4) is 0 Å². The van der Waals surface area contributed by atoms with Crippen molar-refractivity contribution in [2.45, 2.75) is 25.7 Å². The Morgan fingerprint density at radius 2 is 1.29 bits per heavy atom. The Kier molecular flexibility index (Phi) is 2.53. The van der Waals surface area contributed by atoms with Gasteiger partial charge in [-0.25, -0.2) is 0 Å². The molecule has 0 saturated heterocycles. The minimum absolute atomic E-state index is 1.21. The first-order chi connectivity index (χ1) is 6.86. The molecule has 1 aliphatic carbocycles. The third-order valence-corrected chi connectivity index (χ3v) is 3.05. The second-order valence-electron chi connectivity index (χ2n) is 3.82. The molecule has 14 heavy (non-hydrogen) atoms. The van der Waals surface area contributed by atoms with E-state index in [2.05, 4.69) is 25.3 Å². The number of hydrogen-bond donors (Lipinski definition) is 0. The minimum atomic E-state index is 1.21. The van der Waals surface area contributed by atoms with Gasteiger partial charge in [-0.1, -0.05) is 37.4 Å². The fourth-order valence-electron chi connectivity index (χ4n) is 2.31. The molecule has 0 atom stereocenters. The van der Waals surface area contributed by atoms with Gasteiger partial charge in [-0.05, 0) is 47.9 Å². The highest BCUT2D eigenvalue weighted by molar-refractivity contribution is 5.63. The SMILES string of the molecule is C=Cc1ccc(C=C)c2c1CCCC2. The van der Waals surface area contributed by atoms with Crippen LogP contribution in [0.1, 0.15) is 35.1 Å². The summed E-state index contributed by atoms with van der Waals surface area (Å²) in [4.78, 5) is 0. The highest BCUT2D eigenvalue weighted by atomic mass is 14.2. The zero-order valence-electron chi connectivity index (χ0n) is 8.55. The molecule has 72 valence electrons. The normalized spacial score (nSPS) is 14.6. The van der Waals surface area contributed by atoms with Gasteiger partial charge in [0, 0.05) is 0 Å². The average molecular weight is 184 g/mol. The van der Waals surface area contributed by atoms with Crippen molar-refractivity contribution in [3.05, 3.63) is 47.5 Å². The largest absolute Gasteiger partial charge is 0.0985 e. The van der Waals surface area contributed by atoms with E-state index in [1.807, 2.05) is 12.2 Å². The van der Waals surface area contributed by atoms with Crippen LogP contribution in [0, 0.1) is 0 Å². The van der Waals surface area contributed by atoms with E-state index in [1.54, 1.807) is 0 Å². The van der Waals surface area contributed by atoms with Gasteiger partial charge in [0.1, 0.15) is 0 Å². The molecule has 0 nitrogen and oxygen atoms in total. The summed E-state index contributed by atoms with van der Waals surface area (Å²) in [7, 11) is 0. The predicted molar refractivity (Wildman–Crippen MR) is 63.3 cm³/mol. The highest BCUT2D eigenvalue weighted by Gasteiger charge is 2.13. The monoisotopic (exact) mass is 184 g/mol. The summed E-state index contributed by atoms with van der Waals surface area (Å²) in [6.45, 7) is 7.74. The Hall–Kier alpha value is -1.30. The quantitative estimate of drug-likeness (QED) is 0.655. The van der Waals surface area contributed by atoms with Gasteiger partial charge in [0.05, 0.1) is 0 Å². The van der Waals surface area contributed by atoms with Gasteiger partial charge in [0.2, 0.25) is 0 Å². The summed E-state index contributed by atoms with van der Waals surface area (Å²) in [5, 5.41) is 0. The van der Waals surface area contributed by atoms with Crippen molar-refractivity contribution in [1.29, 1.82) is 0 Å². The molecule has 0 fully saturated rings. The van der Waals surface area contributed by atoms with Gasteiger partial charge in [-0.2, -0.15) is 0 Å². The molecule has 0 aliphatic heterocycles. The molecule has 0 saturated carbocycles. The summed E-state index contributed by atoms with van der Waals surface area (Å²) in [6, 6.07) is 4.32. The van der Waals surface area contributed by atoms with Crippen LogP contribution in [0.4, 0.5) is 0 Å². The number of rotatable bonds is 2. The smallest absolute Gasteiger partial charge is 0.0227 e. The Morgan fingerprint density at radius 3 is 1.64 bits per heavy atom. The Balaban J connectivity index is 2.61. The molecule has 0 amide bonds. The van der Waals surface area contributed by atoms with E-state index >= 15 is 0 Å². The van der Waals surface area contributed by atoms with Gasteiger partial charge < -0.3 is 0 Å². The maximum Gasteiger partial charge on any atom is -0.0227 e. The summed E-state index contributed by atoms with van der Waals surface area (Å²) >= 11 is 0. The third-order valence-electron chi connectivity index (χ3n) is 3.05. The average Bonchev–Trinajstić information content (AvgIpc) is 2.27. The molecule has 0 N–H and O–H groups in total. The van der Waals surface area contributed by atoms with Crippen molar-refractivity contribution in [3.63, 3.8) is 0 Å². The molecule has 1 aliphatic rings. The van der Waals surface area contributed by atoms with Crippen LogP contribution in [-0.4, -0.2) is 0 Å². The van der Waals surface area contributed by atoms with Crippen molar-refractivity contribution in [2.24, 2.45) is 0 Å². The molecule has 0 bridgehead atoms. The molecule has 0 heteroatoms. The van der Waals surface area contributed by atoms with Crippen LogP contribution in [0.15, 0.2) is 25.3 Å². The van der Waals surface area contributed by atoms with Gasteiger partial charge in [0.25, 0.3) is 0 Å². The van der Waals surface area contributed by atoms with Crippen LogP contribution in [0.2, 0.25) is 0 Å². The number of fused-ring (bicyclic) bond motifs is 1. The Morgan fingerprint density at radius 1 is 0.857 bits per heavy atom. The summed E-state index contributed by atoms with van der Waals surface area (Å²) in [5.41, 5.74) is 5.63. The molecule has 0 spiro atoms. The Bertz CT molecular complexity index is 335. The van der Waals surface area contributed by atoms with Gasteiger partial charge in [-0.3, -0.25) is 0 Å². The van der Waals surface area contributed by atoms with E-state index in [-0.39, 0.29) is 0 Å². The van der Waals surface area contributed by atoms with Crippen molar-refractivity contribution < 1.29 is 0 Å². The Labute approximate surface area is 86.0 Å². The molecule has 0 heterocycles. The number of hydrogen-bond acceptors (Lipinski definition) is 0. The molecule has 0 radical (unpaired) electrons. The summed E-state index contributed by atoms with van der Waals surface area (Å²) < 4.78 is 0. The first-order valence-corrected chi connectivity index (χ1v) is 5.26. The maximum absolute atomic E-state index is 3.87. The van der Waals surface area contributed by atoms with E-state index in [0.717, 1.165) is 0 Å². The topological polar surface area (TPSA) is 0 Å². The van der Waals surface area contributed by atoms with E-state index in [4.69, 9.17) is 0 Å².